The van der Waals surface area contributed by atoms with Crippen LogP contribution in [0.3, 0.4) is 0 Å². The summed E-state index contributed by atoms with van der Waals surface area (Å²) >= 11 is 3.45. The molecule has 2 heterocycles. The van der Waals surface area contributed by atoms with E-state index in [0.717, 1.165) is 35.5 Å². The maximum absolute atomic E-state index is 5.93. The van der Waals surface area contributed by atoms with Crippen LogP contribution in [0.1, 0.15) is 6.42 Å². The van der Waals surface area contributed by atoms with Gasteiger partial charge in [-0.3, -0.25) is 0 Å². The van der Waals surface area contributed by atoms with Crippen LogP contribution in [0, 0.1) is 0 Å². The van der Waals surface area contributed by atoms with Crippen LogP contribution in [0.2, 0.25) is 0 Å². The van der Waals surface area contributed by atoms with Crippen molar-refractivity contribution in [1.29, 1.82) is 0 Å². The van der Waals surface area contributed by atoms with Crippen LogP contribution in [-0.2, 0) is 4.74 Å². The highest BCUT2D eigenvalue weighted by Crippen LogP contribution is 2.35. The first-order valence-electron chi connectivity index (χ1n) is 5.13. The zero-order valence-electron chi connectivity index (χ0n) is 8.20. The Hall–Kier alpha value is -0.740. The number of ether oxygens (including phenoxy) is 2. The number of hydrogen-bond donors (Lipinski definition) is 1. The van der Waals surface area contributed by atoms with Crippen molar-refractivity contribution in [2.24, 2.45) is 0 Å². The van der Waals surface area contributed by atoms with E-state index in [1.807, 2.05) is 18.2 Å². The zero-order valence-corrected chi connectivity index (χ0v) is 9.79. The molecule has 0 saturated carbocycles. The second kappa shape index (κ2) is 3.68. The quantitative estimate of drug-likeness (QED) is 0.785. The van der Waals surface area contributed by atoms with Gasteiger partial charge in [-0.25, -0.2) is 0 Å². The molecule has 0 amide bonds. The molecule has 1 fully saturated rings. The van der Waals surface area contributed by atoms with Crippen LogP contribution in [0.15, 0.2) is 22.7 Å². The van der Waals surface area contributed by atoms with Gasteiger partial charge in [0.15, 0.2) is 0 Å². The number of anilines is 1. The normalized spacial score (nSPS) is 28.3. The van der Waals surface area contributed by atoms with Crippen molar-refractivity contribution < 1.29 is 9.47 Å². The van der Waals surface area contributed by atoms with Gasteiger partial charge >= 0.3 is 0 Å². The highest BCUT2D eigenvalue weighted by molar-refractivity contribution is 9.10. The zero-order chi connectivity index (χ0) is 10.3. The van der Waals surface area contributed by atoms with Gasteiger partial charge in [-0.05, 0) is 18.2 Å². The Morgan fingerprint density at radius 1 is 1.40 bits per heavy atom. The summed E-state index contributed by atoms with van der Waals surface area (Å²) in [6, 6.07) is 6.33. The lowest BCUT2D eigenvalue weighted by molar-refractivity contribution is 0.00990. The van der Waals surface area contributed by atoms with E-state index < -0.39 is 0 Å². The number of halogens is 1. The molecule has 0 aliphatic carbocycles. The van der Waals surface area contributed by atoms with Gasteiger partial charge in [0.05, 0.1) is 24.9 Å². The monoisotopic (exact) mass is 269 g/mol. The predicted octanol–water partition coefficient (Wildman–Crippen LogP) is 2.41. The molecule has 0 spiro atoms. The fraction of sp³-hybridized carbons (Fsp3) is 0.455. The second-order valence-corrected chi connectivity index (χ2v) is 4.83. The summed E-state index contributed by atoms with van der Waals surface area (Å²) in [6.07, 6.45) is 1.22. The summed E-state index contributed by atoms with van der Waals surface area (Å²) in [6.45, 7) is 1.53. The van der Waals surface area contributed by atoms with Crippen LogP contribution >= 0.6 is 15.9 Å². The van der Waals surface area contributed by atoms with Crippen LogP contribution in [0.4, 0.5) is 5.69 Å². The van der Waals surface area contributed by atoms with Crippen molar-refractivity contribution in [3.05, 3.63) is 22.7 Å². The summed E-state index contributed by atoms with van der Waals surface area (Å²) in [5.41, 5.74) is 1.05. The molecule has 0 aromatic heterocycles. The molecule has 15 heavy (non-hydrogen) atoms. The summed E-state index contributed by atoms with van der Waals surface area (Å²) < 4.78 is 12.4. The van der Waals surface area contributed by atoms with Gasteiger partial charge in [-0.1, -0.05) is 15.9 Å². The van der Waals surface area contributed by atoms with Crippen LogP contribution in [-0.4, -0.2) is 25.4 Å². The lowest BCUT2D eigenvalue weighted by Gasteiger charge is -2.37. The molecule has 3 nitrogen and oxygen atoms in total. The highest BCUT2D eigenvalue weighted by atomic mass is 79.9. The molecule has 2 atom stereocenters. The van der Waals surface area contributed by atoms with Crippen LogP contribution in [0.25, 0.3) is 0 Å². The lowest BCUT2D eigenvalue weighted by Crippen LogP contribution is -2.48. The van der Waals surface area contributed by atoms with Crippen molar-refractivity contribution >= 4 is 21.6 Å². The van der Waals surface area contributed by atoms with E-state index in [0.29, 0.717) is 6.04 Å². The van der Waals surface area contributed by atoms with Crippen molar-refractivity contribution in [1.82, 2.24) is 0 Å². The molecule has 2 unspecified atom stereocenters. The third kappa shape index (κ3) is 1.72. The number of benzene rings is 1. The molecule has 1 saturated heterocycles. The largest absolute Gasteiger partial charge is 0.486 e. The molecule has 0 radical (unpaired) electrons. The molecular formula is C11H12BrNO2. The van der Waals surface area contributed by atoms with Gasteiger partial charge in [0, 0.05) is 10.9 Å². The second-order valence-electron chi connectivity index (χ2n) is 3.91. The number of hydrogen-bond acceptors (Lipinski definition) is 3. The Kier molecular flexibility index (Phi) is 2.33. The molecule has 1 aromatic carbocycles. The Bertz CT molecular complexity index is 383. The van der Waals surface area contributed by atoms with Gasteiger partial charge in [0.1, 0.15) is 11.9 Å². The number of nitrogens with one attached hydrogen (secondary N) is 1. The maximum Gasteiger partial charge on any atom is 0.143 e. The Morgan fingerprint density at radius 3 is 3.27 bits per heavy atom. The van der Waals surface area contributed by atoms with Gasteiger partial charge in [-0.2, -0.15) is 0 Å². The third-order valence-electron chi connectivity index (χ3n) is 2.85. The SMILES string of the molecule is Brc1ccc2c(c1)NC1COCCC1O2. The first kappa shape index (κ1) is 9.48. The van der Waals surface area contributed by atoms with Crippen molar-refractivity contribution in [3.8, 4) is 5.75 Å². The fourth-order valence-corrected chi connectivity index (χ4v) is 2.44. The Balaban J connectivity index is 1.92. The molecule has 80 valence electrons. The Labute approximate surface area is 96.9 Å². The van der Waals surface area contributed by atoms with Crippen molar-refractivity contribution in [2.45, 2.75) is 18.6 Å². The highest BCUT2D eigenvalue weighted by Gasteiger charge is 2.32. The molecule has 2 aliphatic heterocycles. The number of rotatable bonds is 0. The van der Waals surface area contributed by atoms with Crippen LogP contribution < -0.4 is 10.1 Å². The minimum absolute atomic E-state index is 0.257. The Morgan fingerprint density at radius 2 is 2.33 bits per heavy atom. The summed E-state index contributed by atoms with van der Waals surface area (Å²) in [5.74, 6) is 0.946. The predicted molar refractivity (Wildman–Crippen MR) is 61.4 cm³/mol. The lowest BCUT2D eigenvalue weighted by atomic mass is 10.0. The van der Waals surface area contributed by atoms with Gasteiger partial charge < -0.3 is 14.8 Å². The molecule has 1 N–H and O–H groups in total. The van der Waals surface area contributed by atoms with E-state index in [9.17, 15) is 0 Å². The average molecular weight is 270 g/mol. The minimum atomic E-state index is 0.257. The topological polar surface area (TPSA) is 30.5 Å². The number of fused-ring (bicyclic) bond motifs is 2. The summed E-state index contributed by atoms with van der Waals surface area (Å²) in [7, 11) is 0. The van der Waals surface area contributed by atoms with E-state index in [4.69, 9.17) is 9.47 Å². The molecule has 4 heteroatoms. The maximum atomic E-state index is 5.93. The first-order valence-corrected chi connectivity index (χ1v) is 5.93. The molecular weight excluding hydrogens is 258 g/mol. The fourth-order valence-electron chi connectivity index (χ4n) is 2.07. The van der Waals surface area contributed by atoms with E-state index in [-0.39, 0.29) is 6.10 Å². The van der Waals surface area contributed by atoms with E-state index in [2.05, 4.69) is 21.2 Å². The van der Waals surface area contributed by atoms with E-state index in [1.165, 1.54) is 0 Å². The standard InChI is InChI=1S/C11H12BrNO2/c12-7-1-2-10-8(5-7)13-9-6-14-4-3-11(9)15-10/h1-2,5,9,11,13H,3-4,6H2. The van der Waals surface area contributed by atoms with Crippen LogP contribution in [0.5, 0.6) is 5.75 Å². The average Bonchev–Trinajstić information content (AvgIpc) is 2.26. The van der Waals surface area contributed by atoms with Gasteiger partial charge in [0.2, 0.25) is 0 Å². The molecule has 2 aliphatic rings. The van der Waals surface area contributed by atoms with Gasteiger partial charge in [-0.15, -0.1) is 0 Å². The summed E-state index contributed by atoms with van der Waals surface area (Å²) in [5, 5.41) is 3.46. The van der Waals surface area contributed by atoms with Crippen molar-refractivity contribution in [3.63, 3.8) is 0 Å². The molecule has 0 bridgehead atoms. The van der Waals surface area contributed by atoms with Gasteiger partial charge in [0.25, 0.3) is 0 Å². The minimum Gasteiger partial charge on any atom is -0.486 e. The summed E-state index contributed by atoms with van der Waals surface area (Å²) in [4.78, 5) is 0. The molecule has 1 aromatic rings. The first-order chi connectivity index (χ1) is 7.33. The smallest absolute Gasteiger partial charge is 0.143 e. The molecule has 3 rings (SSSR count). The van der Waals surface area contributed by atoms with E-state index >= 15 is 0 Å². The third-order valence-corrected chi connectivity index (χ3v) is 3.35. The van der Waals surface area contributed by atoms with Crippen molar-refractivity contribution in [2.75, 3.05) is 18.5 Å². The van der Waals surface area contributed by atoms with E-state index in [1.54, 1.807) is 0 Å².